The third-order valence-electron chi connectivity index (χ3n) is 2.35. The van der Waals surface area contributed by atoms with Crippen LogP contribution >= 0.6 is 0 Å². The minimum atomic E-state index is -3.15. The Labute approximate surface area is 91.6 Å². The molecule has 1 atom stereocenters. The lowest BCUT2D eigenvalue weighted by molar-refractivity contribution is 0.127. The van der Waals surface area contributed by atoms with Crippen LogP contribution in [0.25, 0.3) is 0 Å². The van der Waals surface area contributed by atoms with E-state index < -0.39 is 10.0 Å². The second-order valence-corrected chi connectivity index (χ2v) is 5.62. The summed E-state index contributed by atoms with van der Waals surface area (Å²) in [6.07, 6.45) is 2.53. The van der Waals surface area contributed by atoms with Crippen LogP contribution in [-0.2, 0) is 14.8 Å². The first-order chi connectivity index (χ1) is 7.14. The zero-order valence-corrected chi connectivity index (χ0v) is 9.98. The smallest absolute Gasteiger partial charge is 0.214 e. The Kier molecular flexibility index (Phi) is 5.52. The van der Waals surface area contributed by atoms with E-state index in [4.69, 9.17) is 4.74 Å². The molecule has 1 aliphatic heterocycles. The van der Waals surface area contributed by atoms with E-state index in [1.54, 1.807) is 0 Å². The topological polar surface area (TPSA) is 67.4 Å². The Hall–Kier alpha value is -0.170. The zero-order valence-electron chi connectivity index (χ0n) is 9.16. The fourth-order valence-corrected chi connectivity index (χ4v) is 2.90. The molecule has 1 aliphatic rings. The van der Waals surface area contributed by atoms with Gasteiger partial charge in [-0.2, -0.15) is 0 Å². The standard InChI is InChI=1S/C9H20N2O3S/c1-10-5-3-6-11-15(12,13)8-9-4-2-7-14-9/h9-11H,2-8H2,1H3. The molecule has 6 heteroatoms. The van der Waals surface area contributed by atoms with Crippen molar-refractivity contribution in [2.75, 3.05) is 32.5 Å². The number of ether oxygens (including phenoxy) is 1. The van der Waals surface area contributed by atoms with Crippen LogP contribution in [0.15, 0.2) is 0 Å². The first-order valence-corrected chi connectivity index (χ1v) is 7.03. The van der Waals surface area contributed by atoms with Gasteiger partial charge in [0.2, 0.25) is 10.0 Å². The molecule has 5 nitrogen and oxygen atoms in total. The average Bonchev–Trinajstić information content (AvgIpc) is 2.64. The van der Waals surface area contributed by atoms with Crippen LogP contribution in [0.4, 0.5) is 0 Å². The van der Waals surface area contributed by atoms with Gasteiger partial charge >= 0.3 is 0 Å². The van der Waals surface area contributed by atoms with Gasteiger partial charge in [-0.25, -0.2) is 13.1 Å². The fourth-order valence-electron chi connectivity index (χ4n) is 1.57. The number of rotatable bonds is 7. The molecule has 0 aromatic heterocycles. The molecule has 0 spiro atoms. The third-order valence-corrected chi connectivity index (χ3v) is 3.81. The van der Waals surface area contributed by atoms with Gasteiger partial charge < -0.3 is 10.1 Å². The summed E-state index contributed by atoms with van der Waals surface area (Å²) >= 11 is 0. The molecule has 0 aromatic rings. The van der Waals surface area contributed by atoms with E-state index in [0.29, 0.717) is 13.2 Å². The van der Waals surface area contributed by atoms with Gasteiger partial charge in [0.1, 0.15) is 0 Å². The second kappa shape index (κ2) is 6.42. The first kappa shape index (κ1) is 12.9. The number of nitrogens with one attached hydrogen (secondary N) is 2. The minimum absolute atomic E-state index is 0.104. The van der Waals surface area contributed by atoms with Crippen LogP contribution < -0.4 is 10.0 Å². The lowest BCUT2D eigenvalue weighted by Gasteiger charge is -2.10. The maximum atomic E-state index is 11.5. The molecule has 2 N–H and O–H groups in total. The van der Waals surface area contributed by atoms with Gasteiger partial charge in [-0.15, -0.1) is 0 Å². The maximum Gasteiger partial charge on any atom is 0.214 e. The summed E-state index contributed by atoms with van der Waals surface area (Å²) in [7, 11) is -1.30. The normalized spacial score (nSPS) is 22.1. The van der Waals surface area contributed by atoms with Crippen molar-refractivity contribution in [3.63, 3.8) is 0 Å². The van der Waals surface area contributed by atoms with Crippen LogP contribution in [-0.4, -0.2) is 47.0 Å². The summed E-state index contributed by atoms with van der Waals surface area (Å²) in [6.45, 7) is 2.01. The molecule has 1 saturated heterocycles. The molecule has 0 bridgehead atoms. The van der Waals surface area contributed by atoms with Crippen LogP contribution in [0, 0.1) is 0 Å². The molecule has 90 valence electrons. The Morgan fingerprint density at radius 1 is 1.40 bits per heavy atom. The van der Waals surface area contributed by atoms with E-state index in [1.807, 2.05) is 7.05 Å². The minimum Gasteiger partial charge on any atom is -0.377 e. The second-order valence-electron chi connectivity index (χ2n) is 3.77. The highest BCUT2D eigenvalue weighted by atomic mass is 32.2. The number of sulfonamides is 1. The van der Waals surface area contributed by atoms with Gasteiger partial charge in [-0.1, -0.05) is 0 Å². The van der Waals surface area contributed by atoms with Crippen molar-refractivity contribution in [3.8, 4) is 0 Å². The third kappa shape index (κ3) is 5.46. The Balaban J connectivity index is 2.19. The quantitative estimate of drug-likeness (QED) is 0.595. The van der Waals surface area contributed by atoms with Crippen LogP contribution in [0.3, 0.4) is 0 Å². The zero-order chi connectivity index (χ0) is 11.1. The summed E-state index contributed by atoms with van der Waals surface area (Å²) in [5.74, 6) is 0.104. The summed E-state index contributed by atoms with van der Waals surface area (Å²) in [4.78, 5) is 0. The van der Waals surface area contributed by atoms with Crippen LogP contribution in [0.1, 0.15) is 19.3 Å². The van der Waals surface area contributed by atoms with Gasteiger partial charge in [0.15, 0.2) is 0 Å². The number of hydrogen-bond acceptors (Lipinski definition) is 4. The lowest BCUT2D eigenvalue weighted by Crippen LogP contribution is -2.33. The molecular weight excluding hydrogens is 216 g/mol. The fraction of sp³-hybridized carbons (Fsp3) is 1.00. The molecule has 1 unspecified atom stereocenters. The highest BCUT2D eigenvalue weighted by Crippen LogP contribution is 2.13. The average molecular weight is 236 g/mol. The van der Waals surface area contributed by atoms with Gasteiger partial charge in [-0.3, -0.25) is 0 Å². The largest absolute Gasteiger partial charge is 0.377 e. The molecule has 1 rings (SSSR count). The highest BCUT2D eigenvalue weighted by Gasteiger charge is 2.22. The van der Waals surface area contributed by atoms with E-state index in [0.717, 1.165) is 25.8 Å². The monoisotopic (exact) mass is 236 g/mol. The van der Waals surface area contributed by atoms with Crippen molar-refractivity contribution in [2.24, 2.45) is 0 Å². The summed E-state index contributed by atoms with van der Waals surface area (Å²) < 4.78 is 30.9. The van der Waals surface area contributed by atoms with Crippen LogP contribution in [0.5, 0.6) is 0 Å². The Morgan fingerprint density at radius 3 is 2.80 bits per heavy atom. The molecule has 0 amide bonds. The molecular formula is C9H20N2O3S. The summed E-state index contributed by atoms with van der Waals surface area (Å²) in [5.41, 5.74) is 0. The van der Waals surface area contributed by atoms with Crippen molar-refractivity contribution in [1.82, 2.24) is 10.0 Å². The molecule has 15 heavy (non-hydrogen) atoms. The van der Waals surface area contributed by atoms with E-state index >= 15 is 0 Å². The molecule has 0 aliphatic carbocycles. The summed E-state index contributed by atoms with van der Waals surface area (Å²) in [6, 6.07) is 0. The molecule has 0 aromatic carbocycles. The predicted molar refractivity (Wildman–Crippen MR) is 59.3 cm³/mol. The molecule has 0 radical (unpaired) electrons. The summed E-state index contributed by atoms with van der Waals surface area (Å²) in [5, 5.41) is 2.97. The Morgan fingerprint density at radius 2 is 2.20 bits per heavy atom. The van der Waals surface area contributed by atoms with E-state index in [9.17, 15) is 8.42 Å². The van der Waals surface area contributed by atoms with E-state index in [-0.39, 0.29) is 11.9 Å². The van der Waals surface area contributed by atoms with Gasteiger partial charge in [0.05, 0.1) is 11.9 Å². The van der Waals surface area contributed by atoms with E-state index in [1.165, 1.54) is 0 Å². The van der Waals surface area contributed by atoms with Crippen molar-refractivity contribution < 1.29 is 13.2 Å². The van der Waals surface area contributed by atoms with Crippen molar-refractivity contribution in [2.45, 2.75) is 25.4 Å². The molecule has 0 saturated carbocycles. The van der Waals surface area contributed by atoms with Gasteiger partial charge in [0, 0.05) is 13.2 Å². The van der Waals surface area contributed by atoms with E-state index in [2.05, 4.69) is 10.0 Å². The SMILES string of the molecule is CNCCCNS(=O)(=O)CC1CCCO1. The number of hydrogen-bond donors (Lipinski definition) is 2. The van der Waals surface area contributed by atoms with Crippen molar-refractivity contribution >= 4 is 10.0 Å². The first-order valence-electron chi connectivity index (χ1n) is 5.37. The van der Waals surface area contributed by atoms with Gasteiger partial charge in [0.25, 0.3) is 0 Å². The highest BCUT2D eigenvalue weighted by molar-refractivity contribution is 7.89. The van der Waals surface area contributed by atoms with Gasteiger partial charge in [-0.05, 0) is 32.9 Å². The Bertz CT molecular complexity index is 261. The molecule has 1 heterocycles. The van der Waals surface area contributed by atoms with Crippen molar-refractivity contribution in [1.29, 1.82) is 0 Å². The van der Waals surface area contributed by atoms with Crippen LogP contribution in [0.2, 0.25) is 0 Å². The maximum absolute atomic E-state index is 11.5. The molecule has 1 fully saturated rings. The predicted octanol–water partition coefficient (Wildman–Crippen LogP) is -0.306. The van der Waals surface area contributed by atoms with Crippen molar-refractivity contribution in [3.05, 3.63) is 0 Å². The lowest BCUT2D eigenvalue weighted by atomic mass is 10.3.